The number of aromatic nitrogens is 1. The Morgan fingerprint density at radius 2 is 1.79 bits per heavy atom. The summed E-state index contributed by atoms with van der Waals surface area (Å²) < 4.78 is 7.38. The molecule has 0 fully saturated rings. The Morgan fingerprint density at radius 1 is 1.05 bits per heavy atom. The van der Waals surface area contributed by atoms with Crippen LogP contribution in [0.5, 0.6) is 0 Å². The van der Waals surface area contributed by atoms with Gasteiger partial charge in [0.25, 0.3) is 5.56 Å². The molecule has 0 unspecified atom stereocenters. The van der Waals surface area contributed by atoms with Gasteiger partial charge >= 0.3 is 5.97 Å². The molecule has 4 aromatic rings. The SMILES string of the molecule is CCCCSc1ccc(/C=c2\sc3n(c2=O)[C@H](c2ccccc2)C(C(=O)OC)=C(CC)N=3)c2ccccc12. The standard InChI is InChI=1S/C31H30N2O3S2/c1-4-6-18-37-25-17-16-21(22-14-10-11-15-23(22)25)19-26-29(34)33-28(20-12-8-7-9-13-20)27(30(35)36-3)24(5-2)32-31(33)38-26/h7-17,19,28H,4-6,18H2,1-3H3/b26-19-/t28-/m1/s1. The number of hydrogen-bond donors (Lipinski definition) is 0. The van der Waals surface area contributed by atoms with Crippen LogP contribution in [0.4, 0.5) is 0 Å². The Bertz CT molecular complexity index is 1700. The molecule has 0 saturated carbocycles. The number of unbranched alkanes of at least 4 members (excludes halogenated alkanes) is 1. The second-order valence-corrected chi connectivity index (χ2v) is 11.2. The van der Waals surface area contributed by atoms with E-state index >= 15 is 0 Å². The minimum atomic E-state index is -0.592. The smallest absolute Gasteiger partial charge is 0.338 e. The van der Waals surface area contributed by atoms with Crippen molar-refractivity contribution in [2.75, 3.05) is 12.9 Å². The van der Waals surface area contributed by atoms with Crippen molar-refractivity contribution in [1.82, 2.24) is 4.57 Å². The number of carbonyl (C=O) groups excluding carboxylic acids is 1. The molecule has 1 aliphatic heterocycles. The van der Waals surface area contributed by atoms with Gasteiger partial charge in [-0.2, -0.15) is 0 Å². The minimum absolute atomic E-state index is 0.162. The van der Waals surface area contributed by atoms with Crippen molar-refractivity contribution >= 4 is 45.9 Å². The number of allylic oxidation sites excluding steroid dienone is 1. The predicted molar refractivity (Wildman–Crippen MR) is 156 cm³/mol. The Balaban J connectivity index is 1.70. The second-order valence-electron chi connectivity index (χ2n) is 9.10. The van der Waals surface area contributed by atoms with Crippen LogP contribution in [0.3, 0.4) is 0 Å². The summed E-state index contributed by atoms with van der Waals surface area (Å²) in [6.07, 6.45) is 4.87. The van der Waals surface area contributed by atoms with Crippen LogP contribution in [-0.4, -0.2) is 23.4 Å². The zero-order chi connectivity index (χ0) is 26.6. The number of thiazole rings is 1. The predicted octanol–water partition coefficient (Wildman–Crippen LogP) is 5.84. The Labute approximate surface area is 230 Å². The van der Waals surface area contributed by atoms with Crippen molar-refractivity contribution in [3.8, 4) is 0 Å². The highest BCUT2D eigenvalue weighted by molar-refractivity contribution is 7.99. The van der Waals surface area contributed by atoms with Gasteiger partial charge in [-0.25, -0.2) is 9.79 Å². The minimum Gasteiger partial charge on any atom is -0.466 e. The van der Waals surface area contributed by atoms with Crippen molar-refractivity contribution in [3.05, 3.63) is 109 Å². The van der Waals surface area contributed by atoms with Gasteiger partial charge in [-0.15, -0.1) is 11.8 Å². The van der Waals surface area contributed by atoms with Crippen LogP contribution in [0.25, 0.3) is 16.8 Å². The summed E-state index contributed by atoms with van der Waals surface area (Å²) in [7, 11) is 1.37. The van der Waals surface area contributed by atoms with E-state index in [1.807, 2.05) is 61.2 Å². The molecule has 194 valence electrons. The highest BCUT2D eigenvalue weighted by atomic mass is 32.2. The fraction of sp³-hybridized carbons (Fsp3) is 0.258. The van der Waals surface area contributed by atoms with E-state index in [0.717, 1.165) is 22.3 Å². The summed E-state index contributed by atoms with van der Waals surface area (Å²) in [5, 5.41) is 2.31. The third-order valence-electron chi connectivity index (χ3n) is 6.73. The van der Waals surface area contributed by atoms with Crippen molar-refractivity contribution in [2.45, 2.75) is 44.0 Å². The van der Waals surface area contributed by atoms with Crippen molar-refractivity contribution in [2.24, 2.45) is 4.99 Å². The van der Waals surface area contributed by atoms with Crippen LogP contribution in [0, 0.1) is 0 Å². The van der Waals surface area contributed by atoms with Gasteiger partial charge < -0.3 is 4.74 Å². The fourth-order valence-corrected chi connectivity index (χ4v) is 6.99. The van der Waals surface area contributed by atoms with E-state index in [4.69, 9.17) is 9.73 Å². The van der Waals surface area contributed by atoms with Crippen molar-refractivity contribution in [3.63, 3.8) is 0 Å². The van der Waals surface area contributed by atoms with Gasteiger partial charge in [0.1, 0.15) is 0 Å². The molecule has 2 heterocycles. The first-order chi connectivity index (χ1) is 18.6. The third kappa shape index (κ3) is 4.88. The number of rotatable bonds is 8. The lowest BCUT2D eigenvalue weighted by molar-refractivity contribution is -0.136. The number of thioether (sulfide) groups is 1. The molecule has 0 N–H and O–H groups in total. The molecule has 3 aromatic carbocycles. The molecular weight excluding hydrogens is 512 g/mol. The zero-order valence-corrected chi connectivity index (χ0v) is 23.4. The number of benzene rings is 3. The normalized spacial score (nSPS) is 15.4. The van der Waals surface area contributed by atoms with E-state index in [1.54, 1.807) is 4.57 Å². The van der Waals surface area contributed by atoms with Gasteiger partial charge in [-0.3, -0.25) is 9.36 Å². The number of methoxy groups -OCH3 is 1. The van der Waals surface area contributed by atoms with Gasteiger partial charge in [0.2, 0.25) is 0 Å². The van der Waals surface area contributed by atoms with Gasteiger partial charge in [-0.1, -0.05) is 92.3 Å². The van der Waals surface area contributed by atoms with Gasteiger partial charge in [0, 0.05) is 4.90 Å². The summed E-state index contributed by atoms with van der Waals surface area (Å²) in [6.45, 7) is 4.17. The lowest BCUT2D eigenvalue weighted by atomic mass is 9.95. The fourth-order valence-electron chi connectivity index (χ4n) is 4.83. The second kappa shape index (κ2) is 11.5. The largest absolute Gasteiger partial charge is 0.466 e. The van der Waals surface area contributed by atoms with Crippen LogP contribution in [-0.2, 0) is 9.53 Å². The first-order valence-electron chi connectivity index (χ1n) is 12.9. The highest BCUT2D eigenvalue weighted by Gasteiger charge is 2.33. The molecule has 38 heavy (non-hydrogen) atoms. The van der Waals surface area contributed by atoms with E-state index < -0.39 is 12.0 Å². The zero-order valence-electron chi connectivity index (χ0n) is 21.8. The van der Waals surface area contributed by atoms with Crippen molar-refractivity contribution in [1.29, 1.82) is 0 Å². The molecule has 7 heteroatoms. The van der Waals surface area contributed by atoms with E-state index in [2.05, 4.69) is 37.3 Å². The molecule has 1 atom stereocenters. The van der Waals surface area contributed by atoms with Gasteiger partial charge in [0.15, 0.2) is 4.80 Å². The van der Waals surface area contributed by atoms with Gasteiger partial charge in [0.05, 0.1) is 29.0 Å². The van der Waals surface area contributed by atoms with E-state index in [9.17, 15) is 9.59 Å². The lowest BCUT2D eigenvalue weighted by Gasteiger charge is -2.25. The number of ether oxygens (including phenoxy) is 1. The van der Waals surface area contributed by atoms with E-state index in [-0.39, 0.29) is 5.56 Å². The first-order valence-corrected chi connectivity index (χ1v) is 14.7. The van der Waals surface area contributed by atoms with Crippen LogP contribution in [0.15, 0.2) is 92.7 Å². The molecule has 5 rings (SSSR count). The Morgan fingerprint density at radius 3 is 2.50 bits per heavy atom. The molecule has 0 radical (unpaired) electrons. The topological polar surface area (TPSA) is 60.7 Å². The summed E-state index contributed by atoms with van der Waals surface area (Å²) in [5.74, 6) is 0.621. The summed E-state index contributed by atoms with van der Waals surface area (Å²) >= 11 is 3.24. The molecule has 5 nitrogen and oxygen atoms in total. The average molecular weight is 543 g/mol. The number of carbonyl (C=O) groups is 1. The first kappa shape index (κ1) is 26.2. The Kier molecular flexibility index (Phi) is 7.95. The van der Waals surface area contributed by atoms with E-state index in [1.165, 1.54) is 41.6 Å². The van der Waals surface area contributed by atoms with Crippen LogP contribution in [0.1, 0.15) is 50.3 Å². The number of nitrogens with zero attached hydrogens (tertiary/aromatic N) is 2. The van der Waals surface area contributed by atoms with Crippen LogP contribution in [0.2, 0.25) is 0 Å². The molecule has 0 saturated heterocycles. The summed E-state index contributed by atoms with van der Waals surface area (Å²) in [5.41, 5.74) is 2.74. The lowest BCUT2D eigenvalue weighted by Crippen LogP contribution is -2.40. The monoisotopic (exact) mass is 542 g/mol. The molecule has 0 spiro atoms. The summed E-state index contributed by atoms with van der Waals surface area (Å²) in [6, 6.07) is 21.6. The Hall–Kier alpha value is -3.42. The third-order valence-corrected chi connectivity index (χ3v) is 8.87. The molecule has 1 aromatic heterocycles. The van der Waals surface area contributed by atoms with E-state index in [0.29, 0.717) is 27.0 Å². The molecule has 0 aliphatic carbocycles. The molecule has 0 amide bonds. The summed E-state index contributed by atoms with van der Waals surface area (Å²) in [4.78, 5) is 33.5. The maximum atomic E-state index is 13.9. The van der Waals surface area contributed by atoms with Crippen molar-refractivity contribution < 1.29 is 9.53 Å². The number of hydrogen-bond acceptors (Lipinski definition) is 6. The van der Waals surface area contributed by atoms with Crippen LogP contribution < -0.4 is 14.9 Å². The van der Waals surface area contributed by atoms with Gasteiger partial charge in [-0.05, 0) is 52.6 Å². The molecular formula is C31H30N2O3S2. The molecule has 0 bridgehead atoms. The maximum Gasteiger partial charge on any atom is 0.338 e. The highest BCUT2D eigenvalue weighted by Crippen LogP contribution is 2.33. The number of esters is 1. The average Bonchev–Trinajstić information content (AvgIpc) is 3.27. The van der Waals surface area contributed by atoms with Crippen LogP contribution >= 0.6 is 23.1 Å². The quantitative estimate of drug-likeness (QED) is 0.159. The molecule has 1 aliphatic rings. The maximum absolute atomic E-state index is 13.9. The number of fused-ring (bicyclic) bond motifs is 2.